The first kappa shape index (κ1) is 20.5. The van der Waals surface area contributed by atoms with E-state index < -0.39 is 5.60 Å². The van der Waals surface area contributed by atoms with Gasteiger partial charge in [-0.3, -0.25) is 4.98 Å². The SMILES string of the molecule is CC(C)(C)OC(=O)c1cc(C2CC2)cnc1Cc1cccc2c1ccn2-c1ccccc1. The molecule has 1 saturated carbocycles. The van der Waals surface area contributed by atoms with Crippen molar-refractivity contribution in [3.05, 3.63) is 95.4 Å². The van der Waals surface area contributed by atoms with Gasteiger partial charge in [0.15, 0.2) is 0 Å². The van der Waals surface area contributed by atoms with Crippen molar-refractivity contribution in [2.45, 2.75) is 51.6 Å². The van der Waals surface area contributed by atoms with E-state index in [9.17, 15) is 4.79 Å². The number of hydrogen-bond acceptors (Lipinski definition) is 3. The lowest BCUT2D eigenvalue weighted by molar-refractivity contribution is 0.00678. The van der Waals surface area contributed by atoms with E-state index in [1.54, 1.807) is 0 Å². The minimum absolute atomic E-state index is 0.295. The Morgan fingerprint density at radius 3 is 2.56 bits per heavy atom. The summed E-state index contributed by atoms with van der Waals surface area (Å²) >= 11 is 0. The molecule has 2 aromatic heterocycles. The Kier molecular flexibility index (Phi) is 5.09. The van der Waals surface area contributed by atoms with E-state index >= 15 is 0 Å². The second kappa shape index (κ2) is 7.94. The van der Waals surface area contributed by atoms with Crippen LogP contribution in [0.2, 0.25) is 0 Å². The zero-order chi connectivity index (χ0) is 22.3. The van der Waals surface area contributed by atoms with Gasteiger partial charge < -0.3 is 9.30 Å². The quantitative estimate of drug-likeness (QED) is 0.346. The number of ether oxygens (including phenoxy) is 1. The first-order chi connectivity index (χ1) is 15.4. The monoisotopic (exact) mass is 424 g/mol. The van der Waals surface area contributed by atoms with Gasteiger partial charge in [-0.1, -0.05) is 30.3 Å². The molecule has 0 atom stereocenters. The molecule has 2 aromatic carbocycles. The van der Waals surface area contributed by atoms with Crippen LogP contribution in [0, 0.1) is 0 Å². The van der Waals surface area contributed by atoms with Crippen LogP contribution < -0.4 is 0 Å². The van der Waals surface area contributed by atoms with Gasteiger partial charge in [-0.2, -0.15) is 0 Å². The maximum absolute atomic E-state index is 13.1. The van der Waals surface area contributed by atoms with Crippen LogP contribution in [0.1, 0.15) is 66.7 Å². The molecular weight excluding hydrogens is 396 g/mol. The fraction of sp³-hybridized carbons (Fsp3) is 0.286. The lowest BCUT2D eigenvalue weighted by Gasteiger charge is -2.21. The second-order valence-corrected chi connectivity index (χ2v) is 9.59. The summed E-state index contributed by atoms with van der Waals surface area (Å²) in [6, 6.07) is 20.8. The van der Waals surface area contributed by atoms with E-state index in [1.807, 2.05) is 51.2 Å². The Morgan fingerprint density at radius 1 is 1.06 bits per heavy atom. The summed E-state index contributed by atoms with van der Waals surface area (Å²) in [5.74, 6) is 0.234. The van der Waals surface area contributed by atoms with E-state index in [-0.39, 0.29) is 5.97 Å². The van der Waals surface area contributed by atoms with Gasteiger partial charge in [0.25, 0.3) is 0 Å². The van der Waals surface area contributed by atoms with Gasteiger partial charge in [-0.05, 0) is 81.0 Å². The van der Waals surface area contributed by atoms with Gasteiger partial charge in [0.05, 0.1) is 16.8 Å². The van der Waals surface area contributed by atoms with E-state index in [4.69, 9.17) is 9.72 Å². The minimum Gasteiger partial charge on any atom is -0.456 e. The number of carbonyl (C=O) groups excluding carboxylic acids is 1. The van der Waals surface area contributed by atoms with E-state index in [1.165, 1.54) is 18.2 Å². The number of benzene rings is 2. The Labute approximate surface area is 188 Å². The Bertz CT molecular complexity index is 1280. The van der Waals surface area contributed by atoms with Gasteiger partial charge >= 0.3 is 5.97 Å². The molecule has 1 fully saturated rings. The number of hydrogen-bond donors (Lipinski definition) is 0. The Hall–Kier alpha value is -3.40. The zero-order valence-electron chi connectivity index (χ0n) is 18.8. The van der Waals surface area contributed by atoms with Crippen molar-refractivity contribution in [1.29, 1.82) is 0 Å². The lowest BCUT2D eigenvalue weighted by Crippen LogP contribution is -2.25. The second-order valence-electron chi connectivity index (χ2n) is 9.59. The molecular formula is C28H28N2O2. The number of carbonyl (C=O) groups is 1. The van der Waals surface area contributed by atoms with Crippen LogP contribution in [0.15, 0.2) is 73.1 Å². The highest BCUT2D eigenvalue weighted by atomic mass is 16.6. The average Bonchev–Trinajstić information content (AvgIpc) is 3.52. The molecule has 5 rings (SSSR count). The predicted molar refractivity (Wildman–Crippen MR) is 127 cm³/mol. The molecule has 0 unspecified atom stereocenters. The summed E-state index contributed by atoms with van der Waals surface area (Å²) in [7, 11) is 0. The number of fused-ring (bicyclic) bond motifs is 1. The molecule has 0 N–H and O–H groups in total. The summed E-state index contributed by atoms with van der Waals surface area (Å²) in [4.78, 5) is 17.8. The van der Waals surface area contributed by atoms with Crippen LogP contribution in [0.3, 0.4) is 0 Å². The fourth-order valence-electron chi connectivity index (χ4n) is 4.18. The standard InChI is InChI=1S/C28H28N2O2/c1-28(2,3)32-27(31)24-16-21(19-12-13-19)18-29-25(24)17-20-8-7-11-26-23(20)14-15-30(26)22-9-5-4-6-10-22/h4-11,14-16,18-19H,12-13,17H2,1-3H3. The third-order valence-electron chi connectivity index (χ3n) is 5.87. The number of aromatic nitrogens is 2. The molecule has 0 saturated heterocycles. The van der Waals surface area contributed by atoms with Crippen molar-refractivity contribution in [2.75, 3.05) is 0 Å². The van der Waals surface area contributed by atoms with Crippen LogP contribution >= 0.6 is 0 Å². The average molecular weight is 425 g/mol. The van der Waals surface area contributed by atoms with Gasteiger partial charge in [0.2, 0.25) is 0 Å². The Morgan fingerprint density at radius 2 is 1.84 bits per heavy atom. The molecule has 32 heavy (non-hydrogen) atoms. The number of para-hydroxylation sites is 1. The van der Waals surface area contributed by atoms with Crippen LogP contribution in [-0.2, 0) is 11.2 Å². The minimum atomic E-state index is -0.545. The predicted octanol–water partition coefficient (Wildman–Crippen LogP) is 6.45. The van der Waals surface area contributed by atoms with Crippen molar-refractivity contribution in [1.82, 2.24) is 9.55 Å². The molecule has 0 aliphatic heterocycles. The third kappa shape index (κ3) is 4.18. The van der Waals surface area contributed by atoms with Gasteiger partial charge in [-0.15, -0.1) is 0 Å². The normalized spacial score (nSPS) is 14.0. The summed E-state index contributed by atoms with van der Waals surface area (Å²) in [5.41, 5.74) is 5.36. The summed E-state index contributed by atoms with van der Waals surface area (Å²) in [6.07, 6.45) is 6.95. The molecule has 1 aliphatic rings. The first-order valence-corrected chi connectivity index (χ1v) is 11.3. The van der Waals surface area contributed by atoms with Gasteiger partial charge in [0.1, 0.15) is 5.60 Å². The number of esters is 1. The maximum atomic E-state index is 13.1. The van der Waals surface area contributed by atoms with Gasteiger partial charge in [0, 0.05) is 29.9 Å². The number of rotatable bonds is 5. The summed E-state index contributed by atoms with van der Waals surface area (Å²) in [6.45, 7) is 5.70. The third-order valence-corrected chi connectivity index (χ3v) is 5.87. The molecule has 4 nitrogen and oxygen atoms in total. The zero-order valence-corrected chi connectivity index (χ0v) is 18.8. The molecule has 4 aromatic rings. The van der Waals surface area contributed by atoms with Crippen LogP contribution in [0.5, 0.6) is 0 Å². The van der Waals surface area contributed by atoms with E-state index in [0.717, 1.165) is 28.0 Å². The van der Waals surface area contributed by atoms with Gasteiger partial charge in [-0.25, -0.2) is 4.79 Å². The summed E-state index contributed by atoms with van der Waals surface area (Å²) in [5, 5.41) is 1.17. The number of nitrogens with zero attached hydrogens (tertiary/aromatic N) is 2. The molecule has 1 aliphatic carbocycles. The summed E-state index contributed by atoms with van der Waals surface area (Å²) < 4.78 is 7.92. The van der Waals surface area contributed by atoms with Crippen molar-refractivity contribution in [2.24, 2.45) is 0 Å². The van der Waals surface area contributed by atoms with Crippen molar-refractivity contribution < 1.29 is 9.53 Å². The topological polar surface area (TPSA) is 44.1 Å². The van der Waals surface area contributed by atoms with Crippen molar-refractivity contribution in [3.63, 3.8) is 0 Å². The van der Waals surface area contributed by atoms with E-state index in [2.05, 4.69) is 47.2 Å². The van der Waals surface area contributed by atoms with E-state index in [0.29, 0.717) is 17.9 Å². The molecule has 0 spiro atoms. The van der Waals surface area contributed by atoms with Crippen molar-refractivity contribution >= 4 is 16.9 Å². The highest BCUT2D eigenvalue weighted by Gasteiger charge is 2.28. The molecule has 0 radical (unpaired) electrons. The smallest absolute Gasteiger partial charge is 0.340 e. The molecule has 0 bridgehead atoms. The molecule has 0 amide bonds. The molecule has 162 valence electrons. The number of pyridine rings is 1. The van der Waals surface area contributed by atoms with Crippen LogP contribution in [0.4, 0.5) is 0 Å². The first-order valence-electron chi connectivity index (χ1n) is 11.3. The largest absolute Gasteiger partial charge is 0.456 e. The highest BCUT2D eigenvalue weighted by Crippen LogP contribution is 2.40. The van der Waals surface area contributed by atoms with Crippen molar-refractivity contribution in [3.8, 4) is 5.69 Å². The highest BCUT2D eigenvalue weighted by molar-refractivity contribution is 5.92. The van der Waals surface area contributed by atoms with Crippen LogP contribution in [0.25, 0.3) is 16.6 Å². The maximum Gasteiger partial charge on any atom is 0.340 e. The lowest BCUT2D eigenvalue weighted by atomic mass is 10.00. The fourth-order valence-corrected chi connectivity index (χ4v) is 4.18. The molecule has 2 heterocycles. The Balaban J connectivity index is 1.54. The van der Waals surface area contributed by atoms with Crippen LogP contribution in [-0.4, -0.2) is 21.1 Å². The molecule has 4 heteroatoms.